The molecule has 1 aliphatic heterocycles. The Hall–Kier alpha value is 0.411. The highest BCUT2D eigenvalue weighted by atomic mass is 28.5. The van der Waals surface area contributed by atoms with E-state index in [2.05, 4.69) is 61.2 Å². The molecule has 1 saturated heterocycles. The molecule has 0 aromatic heterocycles. The van der Waals surface area contributed by atoms with E-state index >= 15 is 0 Å². The third kappa shape index (κ3) is 10.1. The Labute approximate surface area is 170 Å². The number of ether oxygens (including phenoxy) is 3. The van der Waals surface area contributed by atoms with Gasteiger partial charge in [0.1, 0.15) is 0 Å². The van der Waals surface area contributed by atoms with Gasteiger partial charge in [0.05, 0.1) is 18.3 Å². The average Bonchev–Trinajstić information content (AvgIpc) is 2.43. The maximum absolute atomic E-state index is 6.62. The Bertz CT molecular complexity index is 366. The summed E-state index contributed by atoms with van der Waals surface area (Å²) in [5.74, 6) is 0. The summed E-state index contributed by atoms with van der Waals surface area (Å²) in [5.41, 5.74) is 0. The van der Waals surface area contributed by atoms with Crippen LogP contribution in [0.1, 0.15) is 41.5 Å². The molecule has 0 saturated carbocycles. The highest BCUT2D eigenvalue weighted by molar-refractivity contribution is 6.93. The summed E-state index contributed by atoms with van der Waals surface area (Å²) in [5, 5.41) is 0. The molecule has 0 radical (unpaired) electrons. The van der Waals surface area contributed by atoms with Crippen LogP contribution in [0.3, 0.4) is 0 Å². The van der Waals surface area contributed by atoms with Crippen LogP contribution in [0.15, 0.2) is 0 Å². The Balaban J connectivity index is 2.83. The lowest BCUT2D eigenvalue weighted by molar-refractivity contribution is 0.0758. The number of hydrogen-bond acceptors (Lipinski definition) is 6. The Kier molecular flexibility index (Phi) is 10.3. The van der Waals surface area contributed by atoms with Crippen molar-refractivity contribution >= 4 is 25.7 Å². The van der Waals surface area contributed by atoms with Crippen molar-refractivity contribution in [2.75, 3.05) is 19.8 Å². The molecule has 27 heavy (non-hydrogen) atoms. The summed E-state index contributed by atoms with van der Waals surface area (Å²) in [4.78, 5) is 0. The van der Waals surface area contributed by atoms with Crippen molar-refractivity contribution in [1.82, 2.24) is 0 Å². The van der Waals surface area contributed by atoms with Gasteiger partial charge in [-0.05, 0) is 61.2 Å². The lowest BCUT2D eigenvalue weighted by Crippen LogP contribution is -2.68. The van der Waals surface area contributed by atoms with Gasteiger partial charge in [-0.1, -0.05) is 0 Å². The molecule has 0 aliphatic carbocycles. The van der Waals surface area contributed by atoms with Crippen LogP contribution >= 0.6 is 0 Å². The highest BCUT2D eigenvalue weighted by Crippen LogP contribution is 2.36. The monoisotopic (exact) mass is 438 g/mol. The second kappa shape index (κ2) is 11.0. The van der Waals surface area contributed by atoms with Crippen LogP contribution in [-0.4, -0.2) is 63.8 Å². The summed E-state index contributed by atoms with van der Waals surface area (Å²) >= 11 is 0. The van der Waals surface area contributed by atoms with E-state index in [1.165, 1.54) is 0 Å². The molecule has 1 heterocycles. The van der Waals surface area contributed by atoms with Crippen molar-refractivity contribution in [3.63, 3.8) is 0 Å². The van der Waals surface area contributed by atoms with E-state index in [4.69, 9.17) is 26.6 Å². The van der Waals surface area contributed by atoms with Crippen LogP contribution in [-0.2, 0) is 26.6 Å². The Morgan fingerprint density at radius 2 is 0.741 bits per heavy atom. The molecule has 6 nitrogen and oxygen atoms in total. The van der Waals surface area contributed by atoms with Crippen molar-refractivity contribution in [1.29, 1.82) is 0 Å². The fraction of sp³-hybridized carbons (Fsp3) is 1.00. The van der Waals surface area contributed by atoms with Gasteiger partial charge < -0.3 is 26.6 Å². The molecular formula is C18H42O6Si3. The first kappa shape index (κ1) is 25.4. The van der Waals surface area contributed by atoms with E-state index in [9.17, 15) is 0 Å². The van der Waals surface area contributed by atoms with Crippen LogP contribution in [0, 0.1) is 0 Å². The van der Waals surface area contributed by atoms with Crippen molar-refractivity contribution in [2.45, 2.75) is 97.6 Å². The van der Waals surface area contributed by atoms with Crippen LogP contribution in [0.25, 0.3) is 0 Å². The van der Waals surface area contributed by atoms with Crippen molar-refractivity contribution in [3.05, 3.63) is 0 Å². The van der Waals surface area contributed by atoms with Gasteiger partial charge in [0.2, 0.25) is 0 Å². The molecule has 0 amide bonds. The minimum Gasteiger partial charge on any atom is -0.415 e. The van der Waals surface area contributed by atoms with E-state index < -0.39 is 25.7 Å². The van der Waals surface area contributed by atoms with Gasteiger partial charge in [-0.15, -0.1) is 0 Å². The zero-order chi connectivity index (χ0) is 20.7. The van der Waals surface area contributed by atoms with Crippen LogP contribution in [0.4, 0.5) is 0 Å². The lowest BCUT2D eigenvalue weighted by atomic mass is 10.5. The zero-order valence-electron chi connectivity index (χ0n) is 18.9. The number of rotatable bonds is 12. The predicted octanol–water partition coefficient (Wildman–Crippen LogP) is 4.54. The van der Waals surface area contributed by atoms with Crippen molar-refractivity contribution in [3.8, 4) is 0 Å². The van der Waals surface area contributed by atoms with Crippen LogP contribution in [0.5, 0.6) is 0 Å². The maximum Gasteiger partial charge on any atom is 0.319 e. The van der Waals surface area contributed by atoms with Gasteiger partial charge in [-0.25, -0.2) is 0 Å². The highest BCUT2D eigenvalue weighted by Gasteiger charge is 2.56. The molecule has 0 aromatic carbocycles. The Morgan fingerprint density at radius 3 is 0.926 bits per heavy atom. The molecule has 162 valence electrons. The first-order valence-electron chi connectivity index (χ1n) is 10.3. The van der Waals surface area contributed by atoms with Gasteiger partial charge >= 0.3 is 25.7 Å². The van der Waals surface area contributed by atoms with Gasteiger partial charge in [-0.2, -0.15) is 0 Å². The first-order chi connectivity index (χ1) is 12.4. The van der Waals surface area contributed by atoms with Gasteiger partial charge in [0.15, 0.2) is 0 Å². The molecule has 9 heteroatoms. The fourth-order valence-electron chi connectivity index (χ4n) is 3.18. The quantitative estimate of drug-likeness (QED) is 0.417. The number of hydrogen-bond donors (Lipinski definition) is 0. The fourth-order valence-corrected chi connectivity index (χ4v) is 19.7. The molecule has 1 aliphatic rings. The normalized spacial score (nSPS) is 32.0. The first-order valence-corrected chi connectivity index (χ1v) is 17.9. The van der Waals surface area contributed by atoms with Gasteiger partial charge in [0.25, 0.3) is 0 Å². The second-order valence-electron chi connectivity index (χ2n) is 8.72. The van der Waals surface area contributed by atoms with Crippen LogP contribution in [0.2, 0.25) is 37.8 Å². The lowest BCUT2D eigenvalue weighted by Gasteiger charge is -2.50. The molecule has 0 aromatic rings. The van der Waals surface area contributed by atoms with E-state index in [-0.39, 0.29) is 18.3 Å². The zero-order valence-corrected chi connectivity index (χ0v) is 21.9. The predicted molar refractivity (Wildman–Crippen MR) is 116 cm³/mol. The molecular weight excluding hydrogens is 396 g/mol. The smallest absolute Gasteiger partial charge is 0.319 e. The summed E-state index contributed by atoms with van der Waals surface area (Å²) in [6.07, 6.45) is 0.649. The Morgan fingerprint density at radius 1 is 0.519 bits per heavy atom. The van der Waals surface area contributed by atoms with E-state index in [1.807, 2.05) is 0 Å². The standard InChI is InChI=1S/C18H42O6Si3/c1-16(2)19-10-13-25(7)22-26(8,14-11-20-17(3)4)24-27(9,23-25)15-12-21-18(5)6/h16-18H,10-15H2,1-9H3. The third-order valence-electron chi connectivity index (χ3n) is 4.32. The molecule has 0 bridgehead atoms. The average molecular weight is 439 g/mol. The minimum atomic E-state index is -2.37. The van der Waals surface area contributed by atoms with E-state index in [1.54, 1.807) is 0 Å². The van der Waals surface area contributed by atoms with Crippen molar-refractivity contribution < 1.29 is 26.6 Å². The van der Waals surface area contributed by atoms with Crippen LogP contribution < -0.4 is 0 Å². The molecule has 0 N–H and O–H groups in total. The van der Waals surface area contributed by atoms with E-state index in [0.717, 1.165) is 18.1 Å². The SMILES string of the molecule is CC(C)OCC[Si]1(C)O[Si](C)(CCOC(C)C)O[Si](C)(CCOC(C)C)O1. The minimum absolute atomic E-state index is 0.216. The summed E-state index contributed by atoms with van der Waals surface area (Å²) in [6.45, 7) is 20.8. The summed E-state index contributed by atoms with van der Waals surface area (Å²) in [7, 11) is -7.10. The largest absolute Gasteiger partial charge is 0.415 e. The molecule has 1 fully saturated rings. The van der Waals surface area contributed by atoms with Crippen molar-refractivity contribution in [2.24, 2.45) is 0 Å². The topological polar surface area (TPSA) is 55.4 Å². The van der Waals surface area contributed by atoms with E-state index in [0.29, 0.717) is 19.8 Å². The summed E-state index contributed by atoms with van der Waals surface area (Å²) < 4.78 is 37.2. The molecule has 1 rings (SSSR count). The summed E-state index contributed by atoms with van der Waals surface area (Å²) in [6, 6.07) is 2.49. The van der Waals surface area contributed by atoms with Gasteiger partial charge in [0, 0.05) is 38.0 Å². The van der Waals surface area contributed by atoms with Gasteiger partial charge in [-0.3, -0.25) is 0 Å². The third-order valence-corrected chi connectivity index (χ3v) is 18.0. The molecule has 0 unspecified atom stereocenters. The molecule has 0 spiro atoms. The maximum atomic E-state index is 6.62. The molecule has 0 atom stereocenters. The second-order valence-corrected chi connectivity index (χ2v) is 19.5.